The summed E-state index contributed by atoms with van der Waals surface area (Å²) in [7, 11) is 0.349. The van der Waals surface area contributed by atoms with Gasteiger partial charge in [-0.15, -0.1) is 24.0 Å². The van der Waals surface area contributed by atoms with Gasteiger partial charge >= 0.3 is 0 Å². The number of halogens is 1. The highest BCUT2D eigenvalue weighted by atomic mass is 127. The zero-order chi connectivity index (χ0) is 19.2. The van der Waals surface area contributed by atoms with Crippen LogP contribution in [0.25, 0.3) is 0 Å². The molecule has 27 heavy (non-hydrogen) atoms. The summed E-state index contributed by atoms with van der Waals surface area (Å²) in [6, 6.07) is 8.18. The van der Waals surface area contributed by atoms with Crippen molar-refractivity contribution in [2.24, 2.45) is 4.99 Å². The van der Waals surface area contributed by atoms with E-state index < -0.39 is 14.6 Å². The van der Waals surface area contributed by atoms with E-state index in [1.54, 1.807) is 28.0 Å². The summed E-state index contributed by atoms with van der Waals surface area (Å²) in [6.07, 6.45) is 0. The first kappa shape index (κ1) is 24.0. The number of hydrogen-bond donors (Lipinski definition) is 2. The number of methoxy groups -OCH3 is 1. The molecule has 1 aromatic carbocycles. The molecule has 0 spiro atoms. The minimum atomic E-state index is -3.06. The molecule has 9 heteroatoms. The summed E-state index contributed by atoms with van der Waals surface area (Å²) in [5.74, 6) is 0.887. The Hall–Kier alpha value is -1.07. The van der Waals surface area contributed by atoms with E-state index in [-0.39, 0.29) is 29.7 Å². The van der Waals surface area contributed by atoms with Gasteiger partial charge < -0.3 is 20.3 Å². The van der Waals surface area contributed by atoms with Crippen LogP contribution in [0.2, 0.25) is 0 Å². The fourth-order valence-corrected chi connectivity index (χ4v) is 4.24. The minimum Gasteiger partial charge on any atom is -0.383 e. The lowest BCUT2D eigenvalue weighted by molar-refractivity contribution is 0.211. The van der Waals surface area contributed by atoms with Gasteiger partial charge in [0, 0.05) is 46.0 Å². The second kappa shape index (κ2) is 10.5. The van der Waals surface area contributed by atoms with Gasteiger partial charge in [-0.3, -0.25) is 4.99 Å². The molecule has 1 aliphatic heterocycles. The number of sulfone groups is 1. The van der Waals surface area contributed by atoms with Gasteiger partial charge in [-0.05, 0) is 31.5 Å². The first-order valence-electron chi connectivity index (χ1n) is 8.79. The second-order valence-electron chi connectivity index (χ2n) is 7.02. The third-order valence-corrected chi connectivity index (χ3v) is 7.13. The van der Waals surface area contributed by atoms with Crippen molar-refractivity contribution in [1.82, 2.24) is 10.2 Å². The molecule has 2 rings (SSSR count). The summed E-state index contributed by atoms with van der Waals surface area (Å²) in [4.78, 5) is 6.33. The van der Waals surface area contributed by atoms with Crippen LogP contribution in [-0.2, 0) is 21.1 Å². The SMILES string of the molecule is CN=C(NCc1ccc(NCCOC)cc1)N1CCS(=O)(=O)C(C)(C)C1.I. The van der Waals surface area contributed by atoms with Crippen molar-refractivity contribution in [3.63, 3.8) is 0 Å². The number of anilines is 1. The van der Waals surface area contributed by atoms with Crippen molar-refractivity contribution in [2.45, 2.75) is 25.1 Å². The molecule has 1 saturated heterocycles. The zero-order valence-electron chi connectivity index (χ0n) is 16.5. The molecule has 0 amide bonds. The molecule has 7 nitrogen and oxygen atoms in total. The number of guanidine groups is 1. The Balaban J connectivity index is 0.00000364. The Kier molecular flexibility index (Phi) is 9.29. The van der Waals surface area contributed by atoms with Crippen molar-refractivity contribution in [1.29, 1.82) is 0 Å². The Labute approximate surface area is 179 Å². The molecular formula is C18H31IN4O3S. The molecule has 0 saturated carbocycles. The monoisotopic (exact) mass is 510 g/mol. The third kappa shape index (κ3) is 6.49. The van der Waals surface area contributed by atoms with Gasteiger partial charge in [0.05, 0.1) is 17.1 Å². The third-order valence-electron chi connectivity index (χ3n) is 4.59. The van der Waals surface area contributed by atoms with Crippen LogP contribution in [0.5, 0.6) is 0 Å². The maximum atomic E-state index is 12.2. The topological polar surface area (TPSA) is 83.0 Å². The summed E-state index contributed by atoms with van der Waals surface area (Å²) in [5, 5.41) is 6.62. The number of ether oxygens (including phenoxy) is 1. The highest BCUT2D eigenvalue weighted by Gasteiger charge is 2.40. The number of aliphatic imine (C=N–C) groups is 1. The Morgan fingerprint density at radius 3 is 2.52 bits per heavy atom. The molecule has 0 unspecified atom stereocenters. The first-order chi connectivity index (χ1) is 12.3. The molecule has 0 aromatic heterocycles. The molecule has 0 radical (unpaired) electrons. The van der Waals surface area contributed by atoms with E-state index in [1.807, 2.05) is 17.0 Å². The van der Waals surface area contributed by atoms with E-state index in [0.29, 0.717) is 26.2 Å². The van der Waals surface area contributed by atoms with E-state index in [4.69, 9.17) is 4.74 Å². The fraction of sp³-hybridized carbons (Fsp3) is 0.611. The number of nitrogens with zero attached hydrogens (tertiary/aromatic N) is 2. The Bertz CT molecular complexity index is 721. The molecule has 2 N–H and O–H groups in total. The number of benzene rings is 1. The smallest absolute Gasteiger partial charge is 0.193 e. The number of nitrogens with one attached hydrogen (secondary N) is 2. The summed E-state index contributed by atoms with van der Waals surface area (Å²) < 4.78 is 28.6. The fourth-order valence-electron chi connectivity index (χ4n) is 2.88. The van der Waals surface area contributed by atoms with Crippen LogP contribution in [0.15, 0.2) is 29.3 Å². The molecule has 0 atom stereocenters. The zero-order valence-corrected chi connectivity index (χ0v) is 19.6. The van der Waals surface area contributed by atoms with Crippen LogP contribution in [0, 0.1) is 0 Å². The molecule has 1 fully saturated rings. The average Bonchev–Trinajstić information content (AvgIpc) is 2.60. The second-order valence-corrected chi connectivity index (χ2v) is 9.76. The summed E-state index contributed by atoms with van der Waals surface area (Å²) in [6.45, 7) is 6.53. The van der Waals surface area contributed by atoms with Crippen molar-refractivity contribution in [3.05, 3.63) is 29.8 Å². The van der Waals surface area contributed by atoms with E-state index in [9.17, 15) is 8.42 Å². The van der Waals surface area contributed by atoms with E-state index in [0.717, 1.165) is 23.8 Å². The average molecular weight is 510 g/mol. The normalized spacial score (nSPS) is 18.5. The predicted octanol–water partition coefficient (Wildman–Crippen LogP) is 1.95. The summed E-state index contributed by atoms with van der Waals surface area (Å²) >= 11 is 0. The lowest BCUT2D eigenvalue weighted by Crippen LogP contribution is -2.57. The van der Waals surface area contributed by atoms with E-state index in [2.05, 4.69) is 27.8 Å². The number of hydrogen-bond acceptors (Lipinski definition) is 5. The standard InChI is InChI=1S/C18H30N4O3S.HI/c1-18(2)14-22(10-12-26(18,23)24)17(19-3)21-13-15-5-7-16(8-6-15)20-9-11-25-4;/h5-8,20H,9-14H2,1-4H3,(H,19,21);1H. The van der Waals surface area contributed by atoms with Crippen LogP contribution >= 0.6 is 24.0 Å². The van der Waals surface area contributed by atoms with Crippen molar-refractivity contribution in [2.75, 3.05) is 51.5 Å². The molecule has 0 aliphatic carbocycles. The molecule has 1 aromatic rings. The maximum Gasteiger partial charge on any atom is 0.193 e. The minimum absolute atomic E-state index is 0. The van der Waals surface area contributed by atoms with Gasteiger partial charge in [-0.25, -0.2) is 8.42 Å². The lowest BCUT2D eigenvalue weighted by atomic mass is 10.2. The number of rotatable bonds is 6. The van der Waals surface area contributed by atoms with Gasteiger partial charge in [0.1, 0.15) is 0 Å². The van der Waals surface area contributed by atoms with Crippen molar-refractivity contribution < 1.29 is 13.2 Å². The van der Waals surface area contributed by atoms with Crippen molar-refractivity contribution >= 4 is 45.5 Å². The van der Waals surface area contributed by atoms with Crippen LogP contribution in [-0.4, -0.2) is 70.2 Å². The highest BCUT2D eigenvalue weighted by molar-refractivity contribution is 14.0. The Morgan fingerprint density at radius 2 is 1.96 bits per heavy atom. The predicted molar refractivity (Wildman–Crippen MR) is 122 cm³/mol. The van der Waals surface area contributed by atoms with Crippen molar-refractivity contribution in [3.8, 4) is 0 Å². The highest BCUT2D eigenvalue weighted by Crippen LogP contribution is 2.23. The van der Waals surface area contributed by atoms with Crippen LogP contribution in [0.4, 0.5) is 5.69 Å². The quantitative estimate of drug-likeness (QED) is 0.264. The summed E-state index contributed by atoms with van der Waals surface area (Å²) in [5.41, 5.74) is 2.19. The molecule has 1 aliphatic rings. The maximum absolute atomic E-state index is 12.2. The van der Waals surface area contributed by atoms with Gasteiger partial charge in [0.2, 0.25) is 0 Å². The first-order valence-corrected chi connectivity index (χ1v) is 10.4. The van der Waals surface area contributed by atoms with Gasteiger partial charge in [0.15, 0.2) is 15.8 Å². The van der Waals surface area contributed by atoms with Gasteiger partial charge in [-0.1, -0.05) is 12.1 Å². The largest absolute Gasteiger partial charge is 0.383 e. The van der Waals surface area contributed by atoms with Crippen LogP contribution in [0.3, 0.4) is 0 Å². The van der Waals surface area contributed by atoms with Gasteiger partial charge in [0.25, 0.3) is 0 Å². The van der Waals surface area contributed by atoms with Crippen LogP contribution in [0.1, 0.15) is 19.4 Å². The molecular weight excluding hydrogens is 479 g/mol. The van der Waals surface area contributed by atoms with E-state index in [1.165, 1.54) is 0 Å². The van der Waals surface area contributed by atoms with Crippen LogP contribution < -0.4 is 10.6 Å². The van der Waals surface area contributed by atoms with E-state index >= 15 is 0 Å². The molecule has 154 valence electrons. The molecule has 0 bridgehead atoms. The Morgan fingerprint density at radius 1 is 1.30 bits per heavy atom. The molecule has 1 heterocycles. The lowest BCUT2D eigenvalue weighted by Gasteiger charge is -2.39. The van der Waals surface area contributed by atoms with Gasteiger partial charge in [-0.2, -0.15) is 0 Å².